The van der Waals surface area contributed by atoms with Gasteiger partial charge in [-0.15, -0.1) is 0 Å². The molecule has 1 atom stereocenters. The molecular formula is C18H23BN. The van der Waals surface area contributed by atoms with Crippen molar-refractivity contribution in [3.8, 4) is 0 Å². The van der Waals surface area contributed by atoms with Gasteiger partial charge in [-0.3, -0.25) is 0 Å². The standard InChI is InChI=1S/C18H23BN/c1-4-13-10-15-7-11(2)8-16(15)18(19-20)17(13)9-12(3)14-5-6-14/h4,9-11,14H,1,5-8,20H2,2-3H3/b12-9+. The van der Waals surface area contributed by atoms with Crippen molar-refractivity contribution in [3.05, 3.63) is 40.5 Å². The Balaban J connectivity index is 2.14. The van der Waals surface area contributed by atoms with Gasteiger partial charge in [0, 0.05) is 0 Å². The fourth-order valence-corrected chi connectivity index (χ4v) is 3.47. The van der Waals surface area contributed by atoms with Crippen LogP contribution < -0.4 is 11.1 Å². The van der Waals surface area contributed by atoms with Crippen LogP contribution >= 0.6 is 0 Å². The van der Waals surface area contributed by atoms with Gasteiger partial charge in [0.2, 0.25) is 7.41 Å². The van der Waals surface area contributed by atoms with Crippen LogP contribution in [-0.4, -0.2) is 7.41 Å². The summed E-state index contributed by atoms with van der Waals surface area (Å²) in [5, 5.41) is 0. The second kappa shape index (κ2) is 5.25. The number of hydrogen-bond donors (Lipinski definition) is 1. The van der Waals surface area contributed by atoms with Crippen LogP contribution in [0.5, 0.6) is 0 Å². The third-order valence-corrected chi connectivity index (χ3v) is 4.74. The van der Waals surface area contributed by atoms with Crippen molar-refractivity contribution in [1.29, 1.82) is 0 Å². The van der Waals surface area contributed by atoms with Crippen LogP contribution in [0.25, 0.3) is 12.2 Å². The lowest BCUT2D eigenvalue weighted by molar-refractivity contribution is 0.628. The zero-order valence-electron chi connectivity index (χ0n) is 12.6. The van der Waals surface area contributed by atoms with Crippen LogP contribution in [0.2, 0.25) is 0 Å². The summed E-state index contributed by atoms with van der Waals surface area (Å²) in [6.45, 7) is 8.56. The predicted octanol–water partition coefficient (Wildman–Crippen LogP) is 3.08. The second-order valence-electron chi connectivity index (χ2n) is 6.48. The molecule has 1 fully saturated rings. The second-order valence-corrected chi connectivity index (χ2v) is 6.48. The Labute approximate surface area is 123 Å². The third kappa shape index (κ3) is 2.38. The largest absolute Gasteiger partial charge is 0.370 e. The van der Waals surface area contributed by atoms with E-state index in [1.54, 1.807) is 7.41 Å². The van der Waals surface area contributed by atoms with Gasteiger partial charge in [-0.05, 0) is 66.7 Å². The molecule has 20 heavy (non-hydrogen) atoms. The minimum Gasteiger partial charge on any atom is -0.370 e. The fourth-order valence-electron chi connectivity index (χ4n) is 3.47. The molecular weight excluding hydrogens is 241 g/mol. The molecule has 0 aliphatic heterocycles. The first-order chi connectivity index (χ1) is 9.63. The minimum atomic E-state index is 0.727. The average molecular weight is 264 g/mol. The van der Waals surface area contributed by atoms with Gasteiger partial charge in [-0.2, -0.15) is 0 Å². The highest BCUT2D eigenvalue weighted by Gasteiger charge is 2.26. The molecule has 2 aliphatic carbocycles. The van der Waals surface area contributed by atoms with Crippen LogP contribution in [0.4, 0.5) is 0 Å². The van der Waals surface area contributed by atoms with Gasteiger partial charge in [0.25, 0.3) is 0 Å². The normalized spacial score (nSPS) is 21.8. The summed E-state index contributed by atoms with van der Waals surface area (Å²) in [6, 6.07) is 2.32. The first-order valence-corrected chi connectivity index (χ1v) is 7.68. The highest BCUT2D eigenvalue weighted by atomic mass is 14.4. The maximum Gasteiger partial charge on any atom is 0.242 e. The Morgan fingerprint density at radius 1 is 1.40 bits per heavy atom. The zero-order chi connectivity index (χ0) is 14.3. The van der Waals surface area contributed by atoms with Gasteiger partial charge >= 0.3 is 0 Å². The lowest BCUT2D eigenvalue weighted by atomic mass is 9.74. The molecule has 2 heteroatoms. The molecule has 0 aromatic heterocycles. The molecule has 0 spiro atoms. The van der Waals surface area contributed by atoms with Crippen molar-refractivity contribution in [1.82, 2.24) is 0 Å². The van der Waals surface area contributed by atoms with Gasteiger partial charge < -0.3 is 5.64 Å². The zero-order valence-corrected chi connectivity index (χ0v) is 12.6. The number of rotatable bonds is 4. The molecule has 1 saturated carbocycles. The van der Waals surface area contributed by atoms with E-state index >= 15 is 0 Å². The highest BCUT2D eigenvalue weighted by molar-refractivity contribution is 6.52. The Morgan fingerprint density at radius 2 is 2.15 bits per heavy atom. The fraction of sp³-hybridized carbons (Fsp3) is 0.444. The first-order valence-electron chi connectivity index (χ1n) is 7.68. The summed E-state index contributed by atoms with van der Waals surface area (Å²) in [5.74, 6) is 1.52. The van der Waals surface area contributed by atoms with E-state index in [9.17, 15) is 0 Å². The molecule has 2 N–H and O–H groups in total. The maximum absolute atomic E-state index is 5.97. The Bertz CT molecular complexity index is 582. The van der Waals surface area contributed by atoms with Crippen molar-refractivity contribution in [2.75, 3.05) is 0 Å². The van der Waals surface area contributed by atoms with Gasteiger partial charge in [0.15, 0.2) is 0 Å². The van der Waals surface area contributed by atoms with Crippen LogP contribution in [0.3, 0.4) is 0 Å². The van der Waals surface area contributed by atoms with Crippen LogP contribution in [0.1, 0.15) is 48.9 Å². The number of benzene rings is 1. The van der Waals surface area contributed by atoms with Crippen molar-refractivity contribution in [2.45, 2.75) is 39.5 Å². The molecule has 1 unspecified atom stereocenters. The summed E-state index contributed by atoms with van der Waals surface area (Å²) in [5.41, 5.74) is 14.1. The Hall–Kier alpha value is -1.28. The smallest absolute Gasteiger partial charge is 0.242 e. The van der Waals surface area contributed by atoms with E-state index in [2.05, 4.69) is 32.6 Å². The van der Waals surface area contributed by atoms with Crippen LogP contribution in [0, 0.1) is 11.8 Å². The van der Waals surface area contributed by atoms with Crippen molar-refractivity contribution in [3.63, 3.8) is 0 Å². The summed E-state index contributed by atoms with van der Waals surface area (Å²) < 4.78 is 0. The first kappa shape index (κ1) is 13.7. The van der Waals surface area contributed by atoms with E-state index in [1.165, 1.54) is 52.6 Å². The van der Waals surface area contributed by atoms with E-state index in [-0.39, 0.29) is 0 Å². The predicted molar refractivity (Wildman–Crippen MR) is 89.1 cm³/mol. The van der Waals surface area contributed by atoms with E-state index in [0.29, 0.717) is 0 Å². The summed E-state index contributed by atoms with van der Waals surface area (Å²) >= 11 is 0. The quantitative estimate of drug-likeness (QED) is 0.831. The van der Waals surface area contributed by atoms with E-state index < -0.39 is 0 Å². The van der Waals surface area contributed by atoms with E-state index in [0.717, 1.165) is 18.3 Å². The molecule has 103 valence electrons. The van der Waals surface area contributed by atoms with E-state index in [1.807, 2.05) is 6.08 Å². The molecule has 3 rings (SSSR count). The minimum absolute atomic E-state index is 0.727. The summed E-state index contributed by atoms with van der Waals surface area (Å²) in [7, 11) is 1.80. The SMILES string of the molecule is C=Cc1cc2c(c([B]N)c1/C=C(\C)C1CC1)CC(C)C2. The molecule has 1 aromatic carbocycles. The number of hydrogen-bond acceptors (Lipinski definition) is 1. The summed E-state index contributed by atoms with van der Waals surface area (Å²) in [6.07, 6.45) is 9.32. The number of allylic oxidation sites excluding steroid dienone is 1. The Morgan fingerprint density at radius 3 is 2.75 bits per heavy atom. The molecule has 0 bridgehead atoms. The van der Waals surface area contributed by atoms with Crippen molar-refractivity contribution in [2.24, 2.45) is 17.5 Å². The average Bonchev–Trinajstić information content (AvgIpc) is 3.20. The molecule has 0 amide bonds. The molecule has 0 heterocycles. The monoisotopic (exact) mass is 264 g/mol. The van der Waals surface area contributed by atoms with Crippen LogP contribution in [-0.2, 0) is 12.8 Å². The number of fused-ring (bicyclic) bond motifs is 1. The van der Waals surface area contributed by atoms with Gasteiger partial charge in [-0.1, -0.05) is 42.8 Å². The maximum atomic E-state index is 5.97. The summed E-state index contributed by atoms with van der Waals surface area (Å²) in [4.78, 5) is 0. The van der Waals surface area contributed by atoms with Gasteiger partial charge in [0.05, 0.1) is 0 Å². The molecule has 1 aromatic rings. The lowest BCUT2D eigenvalue weighted by Gasteiger charge is -2.15. The molecule has 1 radical (unpaired) electrons. The third-order valence-electron chi connectivity index (χ3n) is 4.74. The number of nitrogens with two attached hydrogens (primary N) is 1. The topological polar surface area (TPSA) is 26.0 Å². The van der Waals surface area contributed by atoms with Crippen LogP contribution in [0.15, 0.2) is 18.2 Å². The molecule has 2 aliphatic rings. The molecule has 1 nitrogen and oxygen atoms in total. The van der Waals surface area contributed by atoms with Gasteiger partial charge in [-0.25, -0.2) is 0 Å². The van der Waals surface area contributed by atoms with Crippen molar-refractivity contribution < 1.29 is 0 Å². The lowest BCUT2D eigenvalue weighted by Crippen LogP contribution is -2.30. The Kier molecular flexibility index (Phi) is 3.60. The molecule has 0 saturated heterocycles. The highest BCUT2D eigenvalue weighted by Crippen LogP contribution is 2.37. The van der Waals surface area contributed by atoms with E-state index in [4.69, 9.17) is 5.64 Å². The van der Waals surface area contributed by atoms with Gasteiger partial charge in [0.1, 0.15) is 0 Å². The van der Waals surface area contributed by atoms with Crippen molar-refractivity contribution >= 4 is 25.0 Å².